The van der Waals surface area contributed by atoms with Crippen LogP contribution >= 0.6 is 0 Å². The predicted octanol–water partition coefficient (Wildman–Crippen LogP) is 5.96. The largest absolute Gasteiger partial charge is 0.433 e. The van der Waals surface area contributed by atoms with Gasteiger partial charge in [-0.05, 0) is 94.7 Å². The van der Waals surface area contributed by atoms with Crippen molar-refractivity contribution >= 4 is 40.1 Å². The maximum atomic E-state index is 16.2. The van der Waals surface area contributed by atoms with Crippen molar-refractivity contribution in [2.45, 2.75) is 94.6 Å². The Balaban J connectivity index is 0.912. The first-order valence-corrected chi connectivity index (χ1v) is 20.0. The van der Waals surface area contributed by atoms with Crippen molar-refractivity contribution in [1.29, 1.82) is 0 Å². The summed E-state index contributed by atoms with van der Waals surface area (Å²) in [5.74, 6) is -1.63. The highest BCUT2D eigenvalue weighted by Gasteiger charge is 2.37. The van der Waals surface area contributed by atoms with Crippen LogP contribution in [-0.4, -0.2) is 77.0 Å². The predicted molar refractivity (Wildman–Crippen MR) is 210 cm³/mol. The van der Waals surface area contributed by atoms with E-state index in [2.05, 4.69) is 20.5 Å². The van der Waals surface area contributed by atoms with Crippen molar-refractivity contribution in [2.24, 2.45) is 13.0 Å². The molecule has 1 saturated carbocycles. The van der Waals surface area contributed by atoms with Crippen LogP contribution in [0.25, 0.3) is 16.7 Å². The third kappa shape index (κ3) is 7.89. The van der Waals surface area contributed by atoms with Crippen molar-refractivity contribution in [2.75, 3.05) is 25.0 Å². The van der Waals surface area contributed by atoms with E-state index in [0.29, 0.717) is 41.1 Å². The number of aliphatic hydroxyl groups is 1. The average Bonchev–Trinajstić information content (AvgIpc) is 3.71. The molecule has 1 unspecified atom stereocenters. The number of anilines is 1. The van der Waals surface area contributed by atoms with Crippen LogP contribution in [0.3, 0.4) is 0 Å². The molecule has 17 heteroatoms. The molecule has 3 amide bonds. The zero-order chi connectivity index (χ0) is 42.0. The second-order valence-electron chi connectivity index (χ2n) is 16.7. The summed E-state index contributed by atoms with van der Waals surface area (Å²) < 4.78 is 60.6. The highest BCUT2D eigenvalue weighted by molar-refractivity contribution is 6.03. The maximum Gasteiger partial charge on any atom is 0.433 e. The van der Waals surface area contributed by atoms with E-state index < -0.39 is 53.1 Å². The van der Waals surface area contributed by atoms with Gasteiger partial charge in [0.25, 0.3) is 5.91 Å². The number of aryl methyl sites for hydroxylation is 1. The first-order chi connectivity index (χ1) is 28.0. The van der Waals surface area contributed by atoms with Gasteiger partial charge >= 0.3 is 11.9 Å². The van der Waals surface area contributed by atoms with Gasteiger partial charge in [-0.15, -0.1) is 0 Å². The standard InChI is InChI=1S/C42H46F4N8O5/c1-41(2,59)27-18-35-48-30(21-53(35)22-31(27)49-38(56)29-7-5-9-34(47-29)42(44,45)46)24-12-10-23(11-13-24)19-52-17-16-25(28(43)20-52)26-6-4-8-32-37(26)51(3)40(58)54(32)33-14-15-36(55)50-39(33)57/h4-9,18,21-25,28,33,59H,10-17,19-20H2,1-3H3,(H,49,56)(H,50,55,57)/t23?,24?,25-,28+,33?/m0/s1. The molecule has 3 aliphatic rings. The van der Waals surface area contributed by atoms with Crippen molar-refractivity contribution < 1.29 is 37.1 Å². The van der Waals surface area contributed by atoms with Gasteiger partial charge in [0.1, 0.15) is 29.2 Å². The number of hydrogen-bond acceptors (Lipinski definition) is 8. The molecule has 8 rings (SSSR count). The van der Waals surface area contributed by atoms with Gasteiger partial charge in [0.15, 0.2) is 0 Å². The number of likely N-dealkylation sites (tertiary alicyclic amines) is 1. The lowest BCUT2D eigenvalue weighted by molar-refractivity contribution is -0.141. The Bertz CT molecular complexity index is 2510. The number of imide groups is 1. The lowest BCUT2D eigenvalue weighted by atomic mass is 9.80. The molecule has 4 aromatic heterocycles. The fraction of sp³-hybridized carbons (Fsp3) is 0.476. The van der Waals surface area contributed by atoms with Crippen molar-refractivity contribution in [3.05, 3.63) is 93.6 Å². The summed E-state index contributed by atoms with van der Waals surface area (Å²) in [4.78, 5) is 61.5. The Labute approximate surface area is 336 Å². The number of alkyl halides is 4. The second-order valence-corrected chi connectivity index (χ2v) is 16.7. The van der Waals surface area contributed by atoms with Crippen LogP contribution in [0.4, 0.5) is 23.2 Å². The monoisotopic (exact) mass is 818 g/mol. The number of para-hydroxylation sites is 1. The molecule has 3 atom stereocenters. The number of amides is 3. The number of rotatable bonds is 8. The Morgan fingerprint density at radius 3 is 2.42 bits per heavy atom. The van der Waals surface area contributed by atoms with Crippen LogP contribution < -0.4 is 16.3 Å². The molecule has 312 valence electrons. The minimum Gasteiger partial charge on any atom is -0.386 e. The number of pyridine rings is 2. The summed E-state index contributed by atoms with van der Waals surface area (Å²) in [5.41, 5.74) is 0.463. The van der Waals surface area contributed by atoms with Crippen LogP contribution in [0.15, 0.2) is 59.7 Å². The zero-order valence-corrected chi connectivity index (χ0v) is 32.9. The number of halogens is 4. The molecule has 59 heavy (non-hydrogen) atoms. The number of carbonyl (C=O) groups excluding carboxylic acids is 3. The smallest absolute Gasteiger partial charge is 0.386 e. The van der Waals surface area contributed by atoms with Crippen LogP contribution in [0.2, 0.25) is 0 Å². The fourth-order valence-corrected chi connectivity index (χ4v) is 9.25. The molecule has 2 aliphatic heterocycles. The van der Waals surface area contributed by atoms with Gasteiger partial charge in [0.2, 0.25) is 11.8 Å². The van der Waals surface area contributed by atoms with Gasteiger partial charge < -0.3 is 19.7 Å². The number of nitrogens with zero attached hydrogens (tertiary/aromatic N) is 6. The molecule has 6 heterocycles. The molecule has 3 fully saturated rings. The summed E-state index contributed by atoms with van der Waals surface area (Å²) in [6.45, 7) is 4.81. The number of piperidine rings is 2. The van der Waals surface area contributed by atoms with Crippen molar-refractivity contribution in [3.8, 4) is 0 Å². The Hall–Kier alpha value is -5.42. The highest BCUT2D eigenvalue weighted by Crippen LogP contribution is 2.40. The normalized spacial score (nSPS) is 23.5. The molecule has 13 nitrogen and oxygen atoms in total. The molecule has 1 aliphatic carbocycles. The molecule has 1 aromatic carbocycles. The van der Waals surface area contributed by atoms with E-state index in [1.165, 1.54) is 15.2 Å². The van der Waals surface area contributed by atoms with Gasteiger partial charge in [-0.2, -0.15) is 13.2 Å². The van der Waals surface area contributed by atoms with E-state index in [-0.39, 0.29) is 42.6 Å². The van der Waals surface area contributed by atoms with E-state index >= 15 is 4.39 Å². The van der Waals surface area contributed by atoms with E-state index in [1.807, 2.05) is 12.3 Å². The van der Waals surface area contributed by atoms with Crippen molar-refractivity contribution in [3.63, 3.8) is 0 Å². The first-order valence-electron chi connectivity index (χ1n) is 20.0. The number of aromatic nitrogens is 5. The molecule has 3 N–H and O–H groups in total. The molecule has 0 radical (unpaired) electrons. The third-order valence-electron chi connectivity index (χ3n) is 12.3. The Kier molecular flexibility index (Phi) is 10.5. The van der Waals surface area contributed by atoms with Gasteiger partial charge in [-0.1, -0.05) is 18.2 Å². The number of imidazole rings is 2. The summed E-state index contributed by atoms with van der Waals surface area (Å²) in [5, 5.41) is 15.9. The number of hydrogen-bond donors (Lipinski definition) is 3. The van der Waals surface area contributed by atoms with Gasteiger partial charge in [0.05, 0.1) is 28.0 Å². The van der Waals surface area contributed by atoms with Crippen LogP contribution in [0, 0.1) is 5.92 Å². The van der Waals surface area contributed by atoms with Crippen LogP contribution in [0.5, 0.6) is 0 Å². The quantitative estimate of drug-likeness (QED) is 0.128. The SMILES string of the molecule is Cn1c(=O)n(C2CCC(=O)NC2=O)c2cccc([C@@H]3CCN(CC4CCC(c5cn6cc(NC(=O)c7cccc(C(F)(F)F)n7)c(C(C)(C)O)cc6n5)CC4)C[C@H]3F)c21. The fourth-order valence-electron chi connectivity index (χ4n) is 9.25. The number of carbonyl (C=O) groups is 3. The number of benzene rings is 1. The minimum absolute atomic E-state index is 0.137. The molecular formula is C42H46F4N8O5. The third-order valence-corrected chi connectivity index (χ3v) is 12.3. The lowest BCUT2D eigenvalue weighted by Gasteiger charge is -2.38. The summed E-state index contributed by atoms with van der Waals surface area (Å²) in [7, 11) is 1.64. The van der Waals surface area contributed by atoms with E-state index in [9.17, 15) is 37.5 Å². The van der Waals surface area contributed by atoms with Crippen molar-refractivity contribution in [1.82, 2.24) is 33.7 Å². The van der Waals surface area contributed by atoms with Crippen LogP contribution in [0.1, 0.15) is 110 Å². The summed E-state index contributed by atoms with van der Waals surface area (Å²) in [6.07, 6.45) is 2.10. The van der Waals surface area contributed by atoms with E-state index in [4.69, 9.17) is 4.98 Å². The summed E-state index contributed by atoms with van der Waals surface area (Å²) in [6, 6.07) is 9.37. The summed E-state index contributed by atoms with van der Waals surface area (Å²) >= 11 is 0. The first kappa shape index (κ1) is 40.4. The van der Waals surface area contributed by atoms with Gasteiger partial charge in [-0.25, -0.2) is 19.2 Å². The molecule has 0 bridgehead atoms. The molecular weight excluding hydrogens is 773 g/mol. The Morgan fingerprint density at radius 2 is 1.73 bits per heavy atom. The topological polar surface area (TPSA) is 156 Å². The minimum atomic E-state index is -4.71. The van der Waals surface area contributed by atoms with Gasteiger partial charge in [-0.3, -0.25) is 28.8 Å². The van der Waals surface area contributed by atoms with E-state index in [0.717, 1.165) is 55.6 Å². The number of fused-ring (bicyclic) bond motifs is 2. The van der Waals surface area contributed by atoms with Gasteiger partial charge in [0, 0.05) is 56.4 Å². The molecule has 5 aromatic rings. The molecule has 2 saturated heterocycles. The lowest BCUT2D eigenvalue weighted by Crippen LogP contribution is -2.44. The average molecular weight is 819 g/mol. The second kappa shape index (κ2) is 15.3. The maximum absolute atomic E-state index is 16.2. The molecule has 0 spiro atoms. The number of nitrogens with one attached hydrogen (secondary N) is 2. The van der Waals surface area contributed by atoms with Crippen LogP contribution in [-0.2, 0) is 28.4 Å². The zero-order valence-electron chi connectivity index (χ0n) is 32.9. The highest BCUT2D eigenvalue weighted by atomic mass is 19.4. The Morgan fingerprint density at radius 1 is 0.983 bits per heavy atom. The van der Waals surface area contributed by atoms with E-state index in [1.54, 1.807) is 49.7 Å².